The van der Waals surface area contributed by atoms with Gasteiger partial charge in [-0.2, -0.15) is 0 Å². The van der Waals surface area contributed by atoms with Crippen LogP contribution in [0.3, 0.4) is 0 Å². The summed E-state index contributed by atoms with van der Waals surface area (Å²) in [5.41, 5.74) is 2.09. The van der Waals surface area contributed by atoms with E-state index >= 15 is 0 Å². The first-order chi connectivity index (χ1) is 11.7. The van der Waals surface area contributed by atoms with E-state index in [9.17, 15) is 0 Å². The Bertz CT molecular complexity index is 646. The Morgan fingerprint density at radius 1 is 1.28 bits per heavy atom. The van der Waals surface area contributed by atoms with Crippen molar-refractivity contribution >= 4 is 29.9 Å². The van der Waals surface area contributed by atoms with Crippen molar-refractivity contribution in [3.8, 4) is 0 Å². The van der Waals surface area contributed by atoms with Crippen molar-refractivity contribution in [3.63, 3.8) is 0 Å². The van der Waals surface area contributed by atoms with Gasteiger partial charge in [-0.25, -0.2) is 0 Å². The molecule has 2 aromatic heterocycles. The van der Waals surface area contributed by atoms with Gasteiger partial charge in [-0.05, 0) is 27.2 Å². The van der Waals surface area contributed by atoms with E-state index < -0.39 is 0 Å². The van der Waals surface area contributed by atoms with Crippen LogP contribution in [0.15, 0.2) is 15.8 Å². The van der Waals surface area contributed by atoms with Crippen LogP contribution in [0.5, 0.6) is 0 Å². The Morgan fingerprint density at radius 3 is 2.72 bits per heavy atom. The van der Waals surface area contributed by atoms with E-state index in [0.717, 1.165) is 61.3 Å². The molecular weight excluding hydrogens is 433 g/mol. The molecule has 0 saturated heterocycles. The maximum absolute atomic E-state index is 5.18. The number of hydrogen-bond acceptors (Lipinski definition) is 5. The van der Waals surface area contributed by atoms with Crippen molar-refractivity contribution < 1.29 is 4.52 Å². The van der Waals surface area contributed by atoms with Gasteiger partial charge in [-0.3, -0.25) is 4.99 Å². The highest BCUT2D eigenvalue weighted by molar-refractivity contribution is 14.0. The van der Waals surface area contributed by atoms with Crippen molar-refractivity contribution in [3.05, 3.63) is 29.2 Å². The fourth-order valence-corrected chi connectivity index (χ4v) is 2.51. The molecule has 0 radical (unpaired) electrons. The van der Waals surface area contributed by atoms with Gasteiger partial charge < -0.3 is 19.7 Å². The lowest BCUT2D eigenvalue weighted by molar-refractivity contribution is 0.392. The summed E-state index contributed by atoms with van der Waals surface area (Å²) in [6.45, 7) is 11.1. The first-order valence-corrected chi connectivity index (χ1v) is 8.46. The lowest BCUT2D eigenvalue weighted by atomic mass is 10.1. The van der Waals surface area contributed by atoms with E-state index in [1.807, 2.05) is 13.8 Å². The molecular formula is C16H28IN7O. The molecule has 0 atom stereocenters. The highest BCUT2D eigenvalue weighted by Crippen LogP contribution is 2.12. The van der Waals surface area contributed by atoms with Crippen LogP contribution in [-0.2, 0) is 19.4 Å². The van der Waals surface area contributed by atoms with E-state index in [0.29, 0.717) is 6.54 Å². The molecule has 0 fully saturated rings. The number of aromatic nitrogens is 4. The largest absolute Gasteiger partial charge is 0.361 e. The first kappa shape index (κ1) is 21.4. The third kappa shape index (κ3) is 6.29. The van der Waals surface area contributed by atoms with Gasteiger partial charge in [0.25, 0.3) is 0 Å². The van der Waals surface area contributed by atoms with Crippen LogP contribution < -0.4 is 10.6 Å². The molecule has 0 saturated carbocycles. The number of nitrogens with zero attached hydrogens (tertiary/aromatic N) is 5. The average molecular weight is 461 g/mol. The second kappa shape index (κ2) is 11.1. The normalized spacial score (nSPS) is 11.3. The minimum absolute atomic E-state index is 0. The smallest absolute Gasteiger partial charge is 0.191 e. The molecule has 0 amide bonds. The van der Waals surface area contributed by atoms with Crippen LogP contribution in [0.2, 0.25) is 0 Å². The van der Waals surface area contributed by atoms with Gasteiger partial charge in [0.1, 0.15) is 17.9 Å². The molecule has 0 aliphatic carbocycles. The standard InChI is InChI=1S/C16H27N7O.HI/c1-5-15-21-20-11-23(15)10-9-19-16(17-6-2)18-8-7-14-12(3)22-24-13(14)4;/h11H,5-10H2,1-4H3,(H2,17,18,19);1H. The van der Waals surface area contributed by atoms with Crippen LogP contribution in [0.4, 0.5) is 0 Å². The van der Waals surface area contributed by atoms with Crippen LogP contribution >= 0.6 is 24.0 Å². The quantitative estimate of drug-likeness (QED) is 0.354. The van der Waals surface area contributed by atoms with Crippen molar-refractivity contribution in [1.82, 2.24) is 30.6 Å². The molecule has 2 aromatic rings. The zero-order valence-corrected chi connectivity index (χ0v) is 17.7. The van der Waals surface area contributed by atoms with Crippen molar-refractivity contribution in [1.29, 1.82) is 0 Å². The lowest BCUT2D eigenvalue weighted by Gasteiger charge is -2.12. The van der Waals surface area contributed by atoms with Gasteiger partial charge in [-0.15, -0.1) is 34.2 Å². The van der Waals surface area contributed by atoms with Crippen molar-refractivity contribution in [2.75, 3.05) is 19.6 Å². The molecule has 8 nitrogen and oxygen atoms in total. The molecule has 0 unspecified atom stereocenters. The highest BCUT2D eigenvalue weighted by atomic mass is 127. The molecule has 0 aliphatic heterocycles. The van der Waals surface area contributed by atoms with Crippen LogP contribution in [0.1, 0.15) is 36.7 Å². The lowest BCUT2D eigenvalue weighted by Crippen LogP contribution is -2.39. The number of guanidine groups is 1. The summed E-state index contributed by atoms with van der Waals surface area (Å²) in [6, 6.07) is 0. The summed E-state index contributed by atoms with van der Waals surface area (Å²) in [5, 5.41) is 18.6. The molecule has 2 rings (SSSR count). The van der Waals surface area contributed by atoms with Gasteiger partial charge in [0.05, 0.1) is 5.69 Å². The number of aryl methyl sites for hydroxylation is 3. The number of rotatable bonds is 8. The van der Waals surface area contributed by atoms with Crippen LogP contribution in [0.25, 0.3) is 0 Å². The summed E-state index contributed by atoms with van der Waals surface area (Å²) >= 11 is 0. The predicted molar refractivity (Wildman–Crippen MR) is 108 cm³/mol. The molecule has 9 heteroatoms. The van der Waals surface area contributed by atoms with E-state index in [1.165, 1.54) is 0 Å². The molecule has 0 bridgehead atoms. The van der Waals surface area contributed by atoms with E-state index in [-0.39, 0.29) is 24.0 Å². The SMILES string of the molecule is CCNC(=NCCc1c(C)noc1C)NCCn1cnnc1CC.I. The summed E-state index contributed by atoms with van der Waals surface area (Å²) < 4.78 is 7.24. The van der Waals surface area contributed by atoms with Gasteiger partial charge in [-0.1, -0.05) is 12.1 Å². The number of nitrogens with one attached hydrogen (secondary N) is 2. The molecule has 0 spiro atoms. The van der Waals surface area contributed by atoms with Crippen LogP contribution in [0, 0.1) is 13.8 Å². The second-order valence-corrected chi connectivity index (χ2v) is 5.53. The van der Waals surface area contributed by atoms with Crippen molar-refractivity contribution in [2.24, 2.45) is 4.99 Å². The van der Waals surface area contributed by atoms with Crippen molar-refractivity contribution in [2.45, 2.75) is 47.1 Å². The molecule has 0 aromatic carbocycles. The summed E-state index contributed by atoms with van der Waals surface area (Å²) in [6.07, 6.45) is 3.47. The zero-order chi connectivity index (χ0) is 17.4. The average Bonchev–Trinajstić information content (AvgIpc) is 3.15. The summed E-state index contributed by atoms with van der Waals surface area (Å²) in [5.74, 6) is 2.69. The third-order valence-electron chi connectivity index (χ3n) is 3.81. The molecule has 25 heavy (non-hydrogen) atoms. The van der Waals surface area contributed by atoms with Gasteiger partial charge in [0, 0.05) is 38.2 Å². The number of aliphatic imine (C=N–C) groups is 1. The molecule has 0 aliphatic rings. The van der Waals surface area contributed by atoms with Gasteiger partial charge >= 0.3 is 0 Å². The fraction of sp³-hybridized carbons (Fsp3) is 0.625. The maximum Gasteiger partial charge on any atom is 0.191 e. The topological polar surface area (TPSA) is 93.2 Å². The molecule has 2 N–H and O–H groups in total. The van der Waals surface area contributed by atoms with Gasteiger partial charge in [0.2, 0.25) is 0 Å². The highest BCUT2D eigenvalue weighted by Gasteiger charge is 2.08. The minimum Gasteiger partial charge on any atom is -0.361 e. The minimum atomic E-state index is 0. The Labute approximate surface area is 165 Å². The van der Waals surface area contributed by atoms with E-state index in [1.54, 1.807) is 6.33 Å². The summed E-state index contributed by atoms with van der Waals surface area (Å²) in [4.78, 5) is 4.62. The maximum atomic E-state index is 5.18. The number of halogens is 1. The van der Waals surface area contributed by atoms with Crippen LogP contribution in [-0.4, -0.2) is 45.5 Å². The van der Waals surface area contributed by atoms with Gasteiger partial charge in [0.15, 0.2) is 5.96 Å². The predicted octanol–water partition coefficient (Wildman–Crippen LogP) is 1.86. The summed E-state index contributed by atoms with van der Waals surface area (Å²) in [7, 11) is 0. The Morgan fingerprint density at radius 2 is 2.08 bits per heavy atom. The first-order valence-electron chi connectivity index (χ1n) is 8.46. The fourth-order valence-electron chi connectivity index (χ4n) is 2.51. The third-order valence-corrected chi connectivity index (χ3v) is 3.81. The van der Waals surface area contributed by atoms with E-state index in [2.05, 4.69) is 49.4 Å². The van der Waals surface area contributed by atoms with E-state index in [4.69, 9.17) is 4.52 Å². The Hall–Kier alpha value is -1.65. The Kier molecular flexibility index (Phi) is 9.46. The number of hydrogen-bond donors (Lipinski definition) is 2. The second-order valence-electron chi connectivity index (χ2n) is 5.53. The zero-order valence-electron chi connectivity index (χ0n) is 15.4. The monoisotopic (exact) mass is 461 g/mol. The molecule has 140 valence electrons. The molecule has 2 heterocycles. The Balaban J connectivity index is 0.00000312.